The van der Waals surface area contributed by atoms with Gasteiger partial charge in [0.25, 0.3) is 0 Å². The number of nitrogens with one attached hydrogen (secondary N) is 1. The first-order chi connectivity index (χ1) is 15.8. The quantitative estimate of drug-likeness (QED) is 0.760. The summed E-state index contributed by atoms with van der Waals surface area (Å²) in [5.74, 6) is -0.841. The SMILES string of the molecule is O=C(N1CC(c2ccc(N3CC[C@@H](C(F)(F)F)CC3=O)cc2)C1)N1CC[C@H](c2ncn[nH]2)C1. The third-order valence-corrected chi connectivity index (χ3v) is 6.99. The second-order valence-electron chi connectivity index (χ2n) is 9.06. The fourth-order valence-corrected chi connectivity index (χ4v) is 4.93. The summed E-state index contributed by atoms with van der Waals surface area (Å²) in [6.07, 6.45) is -2.57. The van der Waals surface area contributed by atoms with Gasteiger partial charge in [0, 0.05) is 56.7 Å². The minimum Gasteiger partial charge on any atom is -0.324 e. The van der Waals surface area contributed by atoms with Crippen molar-refractivity contribution in [3.8, 4) is 0 Å². The van der Waals surface area contributed by atoms with E-state index in [1.54, 1.807) is 12.1 Å². The topological polar surface area (TPSA) is 85.4 Å². The molecule has 1 aromatic carbocycles. The van der Waals surface area contributed by atoms with Crippen LogP contribution in [0.25, 0.3) is 0 Å². The van der Waals surface area contributed by atoms with E-state index in [1.807, 2.05) is 21.9 Å². The molecule has 4 heterocycles. The van der Waals surface area contributed by atoms with Crippen LogP contribution in [-0.2, 0) is 4.79 Å². The fraction of sp³-hybridized carbons (Fsp3) is 0.545. The number of hydrogen-bond donors (Lipinski definition) is 1. The molecule has 0 spiro atoms. The molecule has 0 saturated carbocycles. The van der Waals surface area contributed by atoms with Gasteiger partial charge in [0.05, 0.1) is 5.92 Å². The number of carbonyl (C=O) groups is 2. The van der Waals surface area contributed by atoms with Crippen molar-refractivity contribution in [3.63, 3.8) is 0 Å². The average Bonchev–Trinajstić information content (AvgIpc) is 3.44. The van der Waals surface area contributed by atoms with Crippen LogP contribution in [0.5, 0.6) is 0 Å². The summed E-state index contributed by atoms with van der Waals surface area (Å²) in [5, 5.41) is 6.76. The maximum absolute atomic E-state index is 12.9. The number of piperidine rings is 1. The molecular weight excluding hydrogens is 437 g/mol. The van der Waals surface area contributed by atoms with Crippen LogP contribution in [0.2, 0.25) is 0 Å². The van der Waals surface area contributed by atoms with E-state index < -0.39 is 24.4 Å². The zero-order valence-electron chi connectivity index (χ0n) is 18.0. The van der Waals surface area contributed by atoms with Gasteiger partial charge >= 0.3 is 12.2 Å². The molecule has 1 N–H and O–H groups in total. The highest BCUT2D eigenvalue weighted by Crippen LogP contribution is 2.37. The van der Waals surface area contributed by atoms with E-state index in [-0.39, 0.29) is 30.8 Å². The third kappa shape index (κ3) is 4.28. The van der Waals surface area contributed by atoms with Crippen LogP contribution in [0.4, 0.5) is 23.7 Å². The monoisotopic (exact) mass is 462 g/mol. The Kier molecular flexibility index (Phi) is 5.49. The van der Waals surface area contributed by atoms with E-state index in [4.69, 9.17) is 0 Å². The molecule has 8 nitrogen and oxygen atoms in total. The van der Waals surface area contributed by atoms with Crippen LogP contribution in [0.3, 0.4) is 0 Å². The number of H-pyrrole nitrogens is 1. The van der Waals surface area contributed by atoms with Gasteiger partial charge in [0.15, 0.2) is 0 Å². The number of aromatic nitrogens is 3. The largest absolute Gasteiger partial charge is 0.392 e. The van der Waals surface area contributed by atoms with Crippen molar-refractivity contribution >= 4 is 17.6 Å². The molecule has 0 unspecified atom stereocenters. The zero-order valence-corrected chi connectivity index (χ0v) is 18.0. The number of anilines is 1. The van der Waals surface area contributed by atoms with Crippen molar-refractivity contribution in [2.24, 2.45) is 5.92 Å². The Labute approximate surface area is 188 Å². The molecular formula is C22H25F3N6O2. The lowest BCUT2D eigenvalue weighted by Crippen LogP contribution is -2.53. The molecule has 176 valence electrons. The maximum Gasteiger partial charge on any atom is 0.392 e. The molecule has 5 rings (SSSR count). The van der Waals surface area contributed by atoms with Gasteiger partial charge in [-0.25, -0.2) is 9.78 Å². The van der Waals surface area contributed by atoms with E-state index >= 15 is 0 Å². The molecule has 33 heavy (non-hydrogen) atoms. The number of nitrogens with zero attached hydrogens (tertiary/aromatic N) is 5. The molecule has 3 aliphatic heterocycles. The molecule has 3 aliphatic rings. The van der Waals surface area contributed by atoms with Gasteiger partial charge < -0.3 is 14.7 Å². The molecule has 3 saturated heterocycles. The second kappa shape index (κ2) is 8.35. The van der Waals surface area contributed by atoms with Gasteiger partial charge in [-0.1, -0.05) is 12.1 Å². The number of hydrogen-bond acceptors (Lipinski definition) is 4. The number of carbonyl (C=O) groups excluding carboxylic acids is 2. The number of urea groups is 1. The summed E-state index contributed by atoms with van der Waals surface area (Å²) in [7, 11) is 0. The Bertz CT molecular complexity index is 1000. The standard InChI is InChI=1S/C22H25F3N6O2/c23-22(24,25)17-6-8-31(19(32)9-17)18-3-1-14(2-4-18)16-11-30(12-16)21(33)29-7-5-15(10-29)20-26-13-27-28-20/h1-4,13,15-17H,5-12H2,(H,26,27,28)/t15-,17+/m0/s1. The number of benzene rings is 1. The highest BCUT2D eigenvalue weighted by molar-refractivity contribution is 5.94. The Balaban J connectivity index is 1.13. The summed E-state index contributed by atoms with van der Waals surface area (Å²) in [5.41, 5.74) is 1.67. The number of halogens is 3. The Hall–Kier alpha value is -3.11. The van der Waals surface area contributed by atoms with Crippen molar-refractivity contribution in [3.05, 3.63) is 42.0 Å². The summed E-state index contributed by atoms with van der Waals surface area (Å²) >= 11 is 0. The second-order valence-corrected chi connectivity index (χ2v) is 9.06. The molecule has 0 bridgehead atoms. The number of alkyl halides is 3. The average molecular weight is 462 g/mol. The smallest absolute Gasteiger partial charge is 0.324 e. The number of aromatic amines is 1. The van der Waals surface area contributed by atoms with Gasteiger partial charge in [-0.05, 0) is 30.5 Å². The highest BCUT2D eigenvalue weighted by Gasteiger charge is 2.44. The zero-order chi connectivity index (χ0) is 23.2. The molecule has 3 amide bonds. The van der Waals surface area contributed by atoms with Crippen molar-refractivity contribution < 1.29 is 22.8 Å². The molecule has 0 radical (unpaired) electrons. The van der Waals surface area contributed by atoms with Gasteiger partial charge in [0.1, 0.15) is 12.2 Å². The van der Waals surface area contributed by atoms with Crippen molar-refractivity contribution in [1.29, 1.82) is 0 Å². The Morgan fingerprint density at radius 3 is 2.36 bits per heavy atom. The first-order valence-corrected chi connectivity index (χ1v) is 11.2. The highest BCUT2D eigenvalue weighted by atomic mass is 19.4. The van der Waals surface area contributed by atoms with Crippen LogP contribution in [0.15, 0.2) is 30.6 Å². The summed E-state index contributed by atoms with van der Waals surface area (Å²) < 4.78 is 38.7. The first-order valence-electron chi connectivity index (χ1n) is 11.2. The van der Waals surface area contributed by atoms with Gasteiger partial charge in [-0.2, -0.15) is 18.3 Å². The maximum atomic E-state index is 12.9. The van der Waals surface area contributed by atoms with E-state index in [1.165, 1.54) is 11.2 Å². The summed E-state index contributed by atoms with van der Waals surface area (Å²) in [4.78, 5) is 34.3. The summed E-state index contributed by atoms with van der Waals surface area (Å²) in [6.45, 7) is 2.64. The van der Waals surface area contributed by atoms with Gasteiger partial charge in [-0.3, -0.25) is 9.89 Å². The number of likely N-dealkylation sites (tertiary alicyclic amines) is 2. The van der Waals surface area contributed by atoms with Crippen molar-refractivity contribution in [1.82, 2.24) is 25.0 Å². The molecule has 1 aromatic heterocycles. The predicted molar refractivity (Wildman–Crippen MR) is 113 cm³/mol. The molecule has 2 atom stereocenters. The van der Waals surface area contributed by atoms with E-state index in [0.717, 1.165) is 17.8 Å². The number of amides is 3. The first kappa shape index (κ1) is 21.7. The minimum atomic E-state index is -4.33. The van der Waals surface area contributed by atoms with Crippen LogP contribution in [0.1, 0.15) is 42.5 Å². The molecule has 2 aromatic rings. The van der Waals surface area contributed by atoms with Crippen molar-refractivity contribution in [2.75, 3.05) is 37.6 Å². The van der Waals surface area contributed by atoms with Crippen molar-refractivity contribution in [2.45, 2.75) is 37.3 Å². The minimum absolute atomic E-state index is 0.0306. The van der Waals surface area contributed by atoms with Crippen LogP contribution >= 0.6 is 0 Å². The lowest BCUT2D eigenvalue weighted by molar-refractivity contribution is -0.182. The number of rotatable bonds is 3. The Morgan fingerprint density at radius 1 is 1.00 bits per heavy atom. The normalized spacial score (nSPS) is 24.3. The van der Waals surface area contributed by atoms with E-state index in [0.29, 0.717) is 31.9 Å². The van der Waals surface area contributed by atoms with Crippen LogP contribution in [-0.4, -0.2) is 75.8 Å². The van der Waals surface area contributed by atoms with Gasteiger partial charge in [-0.15, -0.1) is 0 Å². The van der Waals surface area contributed by atoms with Crippen LogP contribution in [0, 0.1) is 5.92 Å². The molecule has 3 fully saturated rings. The summed E-state index contributed by atoms with van der Waals surface area (Å²) in [6, 6.07) is 7.41. The van der Waals surface area contributed by atoms with Crippen LogP contribution < -0.4 is 4.90 Å². The fourth-order valence-electron chi connectivity index (χ4n) is 4.93. The molecule has 0 aliphatic carbocycles. The van der Waals surface area contributed by atoms with E-state index in [9.17, 15) is 22.8 Å². The van der Waals surface area contributed by atoms with E-state index in [2.05, 4.69) is 15.2 Å². The lowest BCUT2D eigenvalue weighted by atomic mass is 9.91. The van der Waals surface area contributed by atoms with Gasteiger partial charge in [0.2, 0.25) is 5.91 Å². The Morgan fingerprint density at radius 2 is 1.73 bits per heavy atom. The third-order valence-electron chi connectivity index (χ3n) is 6.99. The lowest BCUT2D eigenvalue weighted by Gasteiger charge is -2.41. The predicted octanol–water partition coefficient (Wildman–Crippen LogP) is 3.12. The molecule has 11 heteroatoms.